The van der Waals surface area contributed by atoms with Crippen molar-refractivity contribution in [3.63, 3.8) is 0 Å². The molecule has 1 saturated heterocycles. The second-order valence-corrected chi connectivity index (χ2v) is 9.03. The van der Waals surface area contributed by atoms with Crippen molar-refractivity contribution in [3.05, 3.63) is 64.8 Å². The van der Waals surface area contributed by atoms with Gasteiger partial charge in [-0.1, -0.05) is 31.9 Å². The van der Waals surface area contributed by atoms with Crippen LogP contribution < -0.4 is 9.64 Å². The summed E-state index contributed by atoms with van der Waals surface area (Å²) in [6.45, 7) is 8.67. The van der Waals surface area contributed by atoms with Crippen LogP contribution in [0.5, 0.6) is 11.6 Å². The predicted octanol–water partition coefficient (Wildman–Crippen LogP) is 7.09. The van der Waals surface area contributed by atoms with Gasteiger partial charge < -0.3 is 9.64 Å². The SMILES string of the molecule is CCCc1cc(Oc2ccc(N3CCC(C)CC3)nc2)nc(-c2cc(C)cc(Cl)c2)c1. The molecule has 0 saturated carbocycles. The van der Waals surface area contributed by atoms with Gasteiger partial charge in [-0.25, -0.2) is 9.97 Å². The Hall–Kier alpha value is -2.59. The Morgan fingerprint density at radius 1 is 1.10 bits per heavy atom. The molecule has 0 unspecified atom stereocenters. The number of pyridine rings is 2. The Labute approximate surface area is 190 Å². The highest BCUT2D eigenvalue weighted by Gasteiger charge is 2.17. The number of hydrogen-bond acceptors (Lipinski definition) is 4. The van der Waals surface area contributed by atoms with Crippen LogP contribution in [0.2, 0.25) is 5.02 Å². The summed E-state index contributed by atoms with van der Waals surface area (Å²) in [6, 6.07) is 14.2. The fourth-order valence-electron chi connectivity index (χ4n) is 4.05. The first-order chi connectivity index (χ1) is 15.0. The van der Waals surface area contributed by atoms with Crippen LogP contribution in [-0.4, -0.2) is 23.1 Å². The summed E-state index contributed by atoms with van der Waals surface area (Å²) in [5.74, 6) is 3.10. The number of aromatic nitrogens is 2. The topological polar surface area (TPSA) is 38.2 Å². The Morgan fingerprint density at radius 2 is 1.90 bits per heavy atom. The number of anilines is 1. The van der Waals surface area contributed by atoms with Gasteiger partial charge in [-0.2, -0.15) is 0 Å². The Bertz CT molecular complexity index is 1010. The van der Waals surface area contributed by atoms with Crippen molar-refractivity contribution in [1.82, 2.24) is 9.97 Å². The van der Waals surface area contributed by atoms with Crippen molar-refractivity contribution in [2.75, 3.05) is 18.0 Å². The molecule has 3 heterocycles. The normalized spacial score (nSPS) is 14.6. The van der Waals surface area contributed by atoms with Gasteiger partial charge in [0.1, 0.15) is 11.6 Å². The lowest BCUT2D eigenvalue weighted by Crippen LogP contribution is -2.33. The molecule has 1 aromatic carbocycles. The molecule has 1 fully saturated rings. The van der Waals surface area contributed by atoms with Gasteiger partial charge in [0.05, 0.1) is 11.9 Å². The van der Waals surface area contributed by atoms with E-state index in [9.17, 15) is 0 Å². The lowest BCUT2D eigenvalue weighted by atomic mass is 9.99. The van der Waals surface area contributed by atoms with E-state index >= 15 is 0 Å². The average molecular weight is 436 g/mol. The molecule has 1 aliphatic heterocycles. The standard InChI is InChI=1S/C26H30ClN3O/c1-4-5-20-14-24(21-12-19(3)13-22(27)16-21)29-26(15-20)31-23-6-7-25(28-17-23)30-10-8-18(2)9-11-30/h6-7,12-18H,4-5,8-11H2,1-3H3. The van der Waals surface area contributed by atoms with Gasteiger partial charge in [0.25, 0.3) is 0 Å². The van der Waals surface area contributed by atoms with Crippen LogP contribution in [0.1, 0.15) is 44.2 Å². The first-order valence-electron chi connectivity index (χ1n) is 11.2. The minimum absolute atomic E-state index is 0.583. The zero-order valence-corrected chi connectivity index (χ0v) is 19.3. The second kappa shape index (κ2) is 9.69. The fraction of sp³-hybridized carbons (Fsp3) is 0.385. The molecule has 3 aromatic rings. The quantitative estimate of drug-likeness (QED) is 0.414. The van der Waals surface area contributed by atoms with Crippen LogP contribution in [0.3, 0.4) is 0 Å². The van der Waals surface area contributed by atoms with E-state index in [0.29, 0.717) is 16.7 Å². The van der Waals surface area contributed by atoms with Crippen molar-refractivity contribution in [3.8, 4) is 22.9 Å². The van der Waals surface area contributed by atoms with E-state index in [2.05, 4.69) is 35.9 Å². The van der Waals surface area contributed by atoms with Crippen LogP contribution in [0.25, 0.3) is 11.3 Å². The van der Waals surface area contributed by atoms with E-state index in [1.807, 2.05) is 37.3 Å². The van der Waals surface area contributed by atoms with Crippen LogP contribution in [0.15, 0.2) is 48.7 Å². The number of benzene rings is 1. The molecular weight excluding hydrogens is 406 g/mol. The average Bonchev–Trinajstić information content (AvgIpc) is 2.74. The number of rotatable bonds is 6. The molecule has 2 aromatic heterocycles. The third-order valence-corrected chi connectivity index (χ3v) is 6.01. The molecule has 0 atom stereocenters. The van der Waals surface area contributed by atoms with Gasteiger partial charge in [0.2, 0.25) is 5.88 Å². The zero-order valence-electron chi connectivity index (χ0n) is 18.6. The van der Waals surface area contributed by atoms with Gasteiger partial charge in [-0.3, -0.25) is 0 Å². The summed E-state index contributed by atoms with van der Waals surface area (Å²) in [4.78, 5) is 11.8. The highest BCUT2D eigenvalue weighted by atomic mass is 35.5. The lowest BCUT2D eigenvalue weighted by molar-refractivity contribution is 0.435. The van der Waals surface area contributed by atoms with E-state index in [0.717, 1.165) is 54.5 Å². The van der Waals surface area contributed by atoms with Gasteiger partial charge in [0, 0.05) is 29.7 Å². The molecule has 0 radical (unpaired) electrons. The van der Waals surface area contributed by atoms with Crippen molar-refractivity contribution >= 4 is 17.4 Å². The maximum atomic E-state index is 6.29. The van der Waals surface area contributed by atoms with E-state index in [-0.39, 0.29) is 0 Å². The first-order valence-corrected chi connectivity index (χ1v) is 11.6. The zero-order chi connectivity index (χ0) is 21.8. The molecule has 0 bridgehead atoms. The first kappa shape index (κ1) is 21.6. The number of hydrogen-bond donors (Lipinski definition) is 0. The third kappa shape index (κ3) is 5.56. The molecule has 5 heteroatoms. The summed E-state index contributed by atoms with van der Waals surface area (Å²) in [5.41, 5.74) is 4.19. The summed E-state index contributed by atoms with van der Waals surface area (Å²) < 4.78 is 6.12. The van der Waals surface area contributed by atoms with Crippen LogP contribution in [0, 0.1) is 12.8 Å². The predicted molar refractivity (Wildman–Crippen MR) is 128 cm³/mol. The van der Waals surface area contributed by atoms with Crippen LogP contribution in [0.4, 0.5) is 5.82 Å². The van der Waals surface area contributed by atoms with Gasteiger partial charge in [-0.05, 0) is 79.6 Å². The molecule has 4 nitrogen and oxygen atoms in total. The second-order valence-electron chi connectivity index (χ2n) is 8.59. The number of nitrogens with zero attached hydrogens (tertiary/aromatic N) is 3. The maximum absolute atomic E-state index is 6.29. The molecule has 4 rings (SSSR count). The summed E-state index contributed by atoms with van der Waals surface area (Å²) in [7, 11) is 0. The minimum Gasteiger partial charge on any atom is -0.437 e. The fourth-order valence-corrected chi connectivity index (χ4v) is 4.34. The molecule has 0 spiro atoms. The van der Waals surface area contributed by atoms with Crippen molar-refractivity contribution in [2.24, 2.45) is 5.92 Å². The highest BCUT2D eigenvalue weighted by Crippen LogP contribution is 2.29. The van der Waals surface area contributed by atoms with Gasteiger partial charge >= 0.3 is 0 Å². The third-order valence-electron chi connectivity index (χ3n) is 5.79. The van der Waals surface area contributed by atoms with Crippen LogP contribution in [-0.2, 0) is 6.42 Å². The monoisotopic (exact) mass is 435 g/mol. The Morgan fingerprint density at radius 3 is 2.58 bits per heavy atom. The van der Waals surface area contributed by atoms with Gasteiger partial charge in [0.15, 0.2) is 0 Å². The highest BCUT2D eigenvalue weighted by molar-refractivity contribution is 6.30. The van der Waals surface area contributed by atoms with E-state index in [4.69, 9.17) is 21.3 Å². The summed E-state index contributed by atoms with van der Waals surface area (Å²) in [5, 5.41) is 0.715. The molecule has 0 amide bonds. The lowest BCUT2D eigenvalue weighted by Gasteiger charge is -2.31. The summed E-state index contributed by atoms with van der Waals surface area (Å²) in [6.07, 6.45) is 6.27. The Kier molecular flexibility index (Phi) is 6.77. The van der Waals surface area contributed by atoms with E-state index in [1.165, 1.54) is 18.4 Å². The number of ether oxygens (including phenoxy) is 1. The molecule has 162 valence electrons. The van der Waals surface area contributed by atoms with Crippen molar-refractivity contribution in [1.29, 1.82) is 0 Å². The van der Waals surface area contributed by atoms with E-state index < -0.39 is 0 Å². The molecule has 1 aliphatic rings. The van der Waals surface area contributed by atoms with Crippen molar-refractivity contribution in [2.45, 2.75) is 46.5 Å². The van der Waals surface area contributed by atoms with E-state index in [1.54, 1.807) is 6.20 Å². The Balaban J connectivity index is 1.56. The largest absolute Gasteiger partial charge is 0.437 e. The minimum atomic E-state index is 0.583. The smallest absolute Gasteiger partial charge is 0.220 e. The van der Waals surface area contributed by atoms with Gasteiger partial charge in [-0.15, -0.1) is 0 Å². The maximum Gasteiger partial charge on any atom is 0.220 e. The number of aryl methyl sites for hydroxylation is 2. The number of halogens is 1. The van der Waals surface area contributed by atoms with Crippen LogP contribution >= 0.6 is 11.6 Å². The molecular formula is C26H30ClN3O. The molecule has 0 aliphatic carbocycles. The summed E-state index contributed by atoms with van der Waals surface area (Å²) >= 11 is 6.29. The molecule has 0 N–H and O–H groups in total. The molecule has 31 heavy (non-hydrogen) atoms. The number of piperidine rings is 1. The van der Waals surface area contributed by atoms with Crippen molar-refractivity contribution < 1.29 is 4.74 Å².